The SMILES string of the molecule is C=CC[C@H]1CCC[C@H](N2C(=O)c3ccccc3C2=O)C(=O)N1[C@@H](CC)C(=O)OC. The highest BCUT2D eigenvalue weighted by Crippen LogP contribution is 2.32. The maximum absolute atomic E-state index is 13.6. The molecule has 1 aromatic rings. The number of carbonyl (C=O) groups is 4. The minimum atomic E-state index is -0.934. The summed E-state index contributed by atoms with van der Waals surface area (Å²) in [6, 6.07) is 4.64. The third-order valence-corrected chi connectivity index (χ3v) is 5.72. The lowest BCUT2D eigenvalue weighted by molar-refractivity contribution is -0.156. The quantitative estimate of drug-likeness (QED) is 0.418. The van der Waals surface area contributed by atoms with E-state index in [-0.39, 0.29) is 11.9 Å². The van der Waals surface area contributed by atoms with Gasteiger partial charge in [-0.1, -0.05) is 25.1 Å². The standard InChI is InChI=1S/C22H26N2O5/c1-4-9-14-10-8-13-18(21(27)23(14)17(5-2)22(28)29-3)24-19(25)15-11-6-7-12-16(15)20(24)26/h4,6-7,11-12,14,17-18H,1,5,8-10,13H2,2-3H3/t14-,17-,18-/m0/s1. The Hall–Kier alpha value is -2.96. The molecule has 154 valence electrons. The Balaban J connectivity index is 2.00. The lowest BCUT2D eigenvalue weighted by Crippen LogP contribution is -2.57. The predicted octanol–water partition coefficient (Wildman–Crippen LogP) is 2.56. The molecule has 0 radical (unpaired) electrons. The summed E-state index contributed by atoms with van der Waals surface area (Å²) in [5, 5.41) is 0. The number of nitrogens with zero attached hydrogens (tertiary/aromatic N) is 2. The number of ether oxygens (including phenoxy) is 1. The first-order chi connectivity index (χ1) is 14.0. The van der Waals surface area contributed by atoms with E-state index in [1.165, 1.54) is 12.0 Å². The second-order valence-electron chi connectivity index (χ2n) is 7.34. The fraction of sp³-hybridized carbons (Fsp3) is 0.455. The normalized spacial score (nSPS) is 22.9. The summed E-state index contributed by atoms with van der Waals surface area (Å²) < 4.78 is 4.92. The van der Waals surface area contributed by atoms with Gasteiger partial charge in [-0.2, -0.15) is 0 Å². The predicted molar refractivity (Wildman–Crippen MR) is 106 cm³/mol. The Kier molecular flexibility index (Phi) is 6.15. The first-order valence-electron chi connectivity index (χ1n) is 9.94. The Labute approximate surface area is 170 Å². The zero-order chi connectivity index (χ0) is 21.1. The molecule has 0 aromatic heterocycles. The highest BCUT2D eigenvalue weighted by atomic mass is 16.5. The van der Waals surface area contributed by atoms with Crippen molar-refractivity contribution in [3.8, 4) is 0 Å². The van der Waals surface area contributed by atoms with Gasteiger partial charge in [0, 0.05) is 6.04 Å². The van der Waals surface area contributed by atoms with Gasteiger partial charge in [0.25, 0.3) is 11.8 Å². The van der Waals surface area contributed by atoms with E-state index in [2.05, 4.69) is 6.58 Å². The van der Waals surface area contributed by atoms with Crippen LogP contribution in [0, 0.1) is 0 Å². The van der Waals surface area contributed by atoms with Crippen molar-refractivity contribution in [1.29, 1.82) is 0 Å². The number of imide groups is 1. The molecular formula is C22H26N2O5. The number of hydrogen-bond donors (Lipinski definition) is 0. The summed E-state index contributed by atoms with van der Waals surface area (Å²) in [6.45, 7) is 5.58. The summed E-state index contributed by atoms with van der Waals surface area (Å²) in [5.41, 5.74) is 0.618. The lowest BCUT2D eigenvalue weighted by atomic mass is 10.0. The Morgan fingerprint density at radius 3 is 2.34 bits per heavy atom. The van der Waals surface area contributed by atoms with Gasteiger partial charge in [-0.3, -0.25) is 19.3 Å². The molecule has 1 fully saturated rings. The van der Waals surface area contributed by atoms with Gasteiger partial charge in [-0.05, 0) is 44.2 Å². The molecule has 2 heterocycles. The summed E-state index contributed by atoms with van der Waals surface area (Å²) in [7, 11) is 1.29. The molecule has 1 saturated heterocycles. The number of fused-ring (bicyclic) bond motifs is 1. The molecule has 0 spiro atoms. The van der Waals surface area contributed by atoms with Crippen molar-refractivity contribution in [3.63, 3.8) is 0 Å². The molecular weight excluding hydrogens is 372 g/mol. The first kappa shape index (κ1) is 20.8. The molecule has 3 rings (SSSR count). The molecule has 0 unspecified atom stereocenters. The van der Waals surface area contributed by atoms with Gasteiger partial charge in [0.05, 0.1) is 18.2 Å². The molecule has 0 N–H and O–H groups in total. The summed E-state index contributed by atoms with van der Waals surface area (Å²) in [6.07, 6.45) is 4.29. The molecule has 7 nitrogen and oxygen atoms in total. The molecule has 2 aliphatic rings. The largest absolute Gasteiger partial charge is 0.467 e. The van der Waals surface area contributed by atoms with E-state index in [1.54, 1.807) is 30.3 Å². The van der Waals surface area contributed by atoms with E-state index in [9.17, 15) is 19.2 Å². The zero-order valence-electron chi connectivity index (χ0n) is 16.8. The van der Waals surface area contributed by atoms with E-state index < -0.39 is 29.9 Å². The lowest BCUT2D eigenvalue weighted by Gasteiger charge is -2.37. The number of benzene rings is 1. The first-order valence-corrected chi connectivity index (χ1v) is 9.94. The van der Waals surface area contributed by atoms with Crippen LogP contribution < -0.4 is 0 Å². The fourth-order valence-corrected chi connectivity index (χ4v) is 4.34. The molecule has 0 aliphatic carbocycles. The van der Waals surface area contributed by atoms with E-state index in [0.29, 0.717) is 43.2 Å². The third kappa shape index (κ3) is 3.57. The van der Waals surface area contributed by atoms with Crippen LogP contribution in [-0.4, -0.2) is 58.7 Å². The van der Waals surface area contributed by atoms with Crippen molar-refractivity contribution in [3.05, 3.63) is 48.0 Å². The van der Waals surface area contributed by atoms with Crippen LogP contribution >= 0.6 is 0 Å². The number of carbonyl (C=O) groups excluding carboxylic acids is 4. The van der Waals surface area contributed by atoms with Gasteiger partial charge in [0.1, 0.15) is 12.1 Å². The molecule has 3 atom stereocenters. The van der Waals surface area contributed by atoms with Gasteiger partial charge in [0.2, 0.25) is 5.91 Å². The van der Waals surface area contributed by atoms with Crippen molar-refractivity contribution in [2.45, 2.75) is 57.2 Å². The Morgan fingerprint density at radius 1 is 1.21 bits per heavy atom. The second kappa shape index (κ2) is 8.59. The summed E-state index contributed by atoms with van der Waals surface area (Å²) >= 11 is 0. The topological polar surface area (TPSA) is 84.0 Å². The van der Waals surface area contributed by atoms with E-state index >= 15 is 0 Å². The van der Waals surface area contributed by atoms with Crippen molar-refractivity contribution >= 4 is 23.7 Å². The van der Waals surface area contributed by atoms with Crippen LogP contribution in [0.5, 0.6) is 0 Å². The molecule has 7 heteroatoms. The van der Waals surface area contributed by atoms with Crippen LogP contribution in [0.2, 0.25) is 0 Å². The summed E-state index contributed by atoms with van der Waals surface area (Å²) in [4.78, 5) is 54.5. The van der Waals surface area contributed by atoms with Crippen molar-refractivity contribution in [2.24, 2.45) is 0 Å². The highest BCUT2D eigenvalue weighted by molar-refractivity contribution is 6.22. The molecule has 2 aliphatic heterocycles. The zero-order valence-corrected chi connectivity index (χ0v) is 16.8. The van der Waals surface area contributed by atoms with Gasteiger partial charge in [-0.15, -0.1) is 6.58 Å². The number of methoxy groups -OCH3 is 1. The maximum atomic E-state index is 13.6. The number of likely N-dealkylation sites (tertiary alicyclic amines) is 1. The Morgan fingerprint density at radius 2 is 1.83 bits per heavy atom. The third-order valence-electron chi connectivity index (χ3n) is 5.72. The van der Waals surface area contributed by atoms with Crippen LogP contribution in [0.3, 0.4) is 0 Å². The minimum absolute atomic E-state index is 0.232. The molecule has 1 aromatic carbocycles. The van der Waals surface area contributed by atoms with E-state index in [4.69, 9.17) is 4.74 Å². The molecule has 29 heavy (non-hydrogen) atoms. The van der Waals surface area contributed by atoms with Gasteiger partial charge >= 0.3 is 5.97 Å². The molecule has 0 bridgehead atoms. The monoisotopic (exact) mass is 398 g/mol. The fourth-order valence-electron chi connectivity index (χ4n) is 4.34. The number of rotatable bonds is 6. The van der Waals surface area contributed by atoms with E-state index in [0.717, 1.165) is 4.90 Å². The van der Waals surface area contributed by atoms with Gasteiger partial charge < -0.3 is 9.64 Å². The summed E-state index contributed by atoms with van der Waals surface area (Å²) in [5.74, 6) is -1.81. The van der Waals surface area contributed by atoms with Gasteiger partial charge in [0.15, 0.2) is 0 Å². The maximum Gasteiger partial charge on any atom is 0.328 e. The van der Waals surface area contributed by atoms with Crippen LogP contribution in [0.1, 0.15) is 59.7 Å². The minimum Gasteiger partial charge on any atom is -0.467 e. The second-order valence-corrected chi connectivity index (χ2v) is 7.34. The highest BCUT2D eigenvalue weighted by Gasteiger charge is 2.47. The van der Waals surface area contributed by atoms with Crippen LogP contribution in [-0.2, 0) is 14.3 Å². The number of amides is 3. The Bertz CT molecular complexity index is 814. The number of hydrogen-bond acceptors (Lipinski definition) is 5. The van der Waals surface area contributed by atoms with Gasteiger partial charge in [-0.25, -0.2) is 4.79 Å². The molecule has 3 amide bonds. The average molecular weight is 398 g/mol. The van der Waals surface area contributed by atoms with Crippen molar-refractivity contribution in [1.82, 2.24) is 9.80 Å². The average Bonchev–Trinajstić information content (AvgIpc) is 2.87. The van der Waals surface area contributed by atoms with Crippen LogP contribution in [0.4, 0.5) is 0 Å². The van der Waals surface area contributed by atoms with E-state index in [1.807, 2.05) is 6.92 Å². The molecule has 0 saturated carbocycles. The van der Waals surface area contributed by atoms with Crippen LogP contribution in [0.25, 0.3) is 0 Å². The number of esters is 1. The van der Waals surface area contributed by atoms with Crippen LogP contribution in [0.15, 0.2) is 36.9 Å². The van der Waals surface area contributed by atoms with Crippen molar-refractivity contribution in [2.75, 3.05) is 7.11 Å². The smallest absolute Gasteiger partial charge is 0.328 e. The van der Waals surface area contributed by atoms with Crippen molar-refractivity contribution < 1.29 is 23.9 Å².